The van der Waals surface area contributed by atoms with Crippen molar-refractivity contribution in [1.82, 2.24) is 9.80 Å². The van der Waals surface area contributed by atoms with E-state index in [1.165, 1.54) is 7.11 Å². The highest BCUT2D eigenvalue weighted by atomic mass is 35.5. The minimum atomic E-state index is -0.0664. The number of benzene rings is 1. The number of halogens is 1. The lowest BCUT2D eigenvalue weighted by atomic mass is 10.0. The molecular weight excluding hydrogens is 306 g/mol. The second-order valence-electron chi connectivity index (χ2n) is 5.59. The molecule has 0 spiro atoms. The van der Waals surface area contributed by atoms with Crippen molar-refractivity contribution in [1.29, 1.82) is 0 Å². The largest absolute Gasteiger partial charge is 0.496 e. The third-order valence-electron chi connectivity index (χ3n) is 4.26. The van der Waals surface area contributed by atoms with E-state index in [4.69, 9.17) is 26.8 Å². The predicted molar refractivity (Wildman–Crippen MR) is 84.5 cm³/mol. The van der Waals surface area contributed by atoms with Gasteiger partial charge in [-0.1, -0.05) is 11.6 Å². The molecule has 0 unspecified atom stereocenters. The number of likely N-dealkylation sites (tertiary alicyclic amines) is 1. The fraction of sp³-hybridized carbons (Fsp3) is 0.533. The minimum Gasteiger partial charge on any atom is -0.496 e. The normalized spacial score (nSPS) is 19.8. The third-order valence-corrected chi connectivity index (χ3v) is 4.59. The third kappa shape index (κ3) is 2.86. The summed E-state index contributed by atoms with van der Waals surface area (Å²) in [5.41, 5.74) is 6.62. The van der Waals surface area contributed by atoms with E-state index in [-0.39, 0.29) is 5.91 Å². The van der Waals surface area contributed by atoms with Crippen molar-refractivity contribution in [2.75, 3.05) is 52.2 Å². The Morgan fingerprint density at radius 2 is 2.05 bits per heavy atom. The van der Waals surface area contributed by atoms with E-state index < -0.39 is 0 Å². The molecule has 0 aliphatic carbocycles. The molecule has 3 rings (SSSR count). The number of hydrogen-bond donors (Lipinski definition) is 1. The molecule has 120 valence electrons. The first-order valence-corrected chi connectivity index (χ1v) is 7.72. The Hall–Kier alpha value is -1.50. The van der Waals surface area contributed by atoms with Gasteiger partial charge in [0.2, 0.25) is 0 Å². The fourth-order valence-corrected chi connectivity index (χ4v) is 3.03. The SMILES string of the molecule is COc1cc(N)c(Cl)cc1C(=O)N1CC(N2CCOCC2)C1. The molecule has 0 saturated carbocycles. The molecule has 22 heavy (non-hydrogen) atoms. The summed E-state index contributed by atoms with van der Waals surface area (Å²) in [6.45, 7) is 4.86. The van der Waals surface area contributed by atoms with Crippen LogP contribution in [0, 0.1) is 0 Å². The number of methoxy groups -OCH3 is 1. The Bertz CT molecular complexity index is 569. The Morgan fingerprint density at radius 3 is 2.68 bits per heavy atom. The van der Waals surface area contributed by atoms with Crippen LogP contribution < -0.4 is 10.5 Å². The van der Waals surface area contributed by atoms with Gasteiger partial charge in [0.05, 0.1) is 36.6 Å². The Labute approximate surface area is 134 Å². The molecule has 0 bridgehead atoms. The van der Waals surface area contributed by atoms with E-state index in [2.05, 4.69) is 4.90 Å². The number of morpholine rings is 1. The zero-order valence-corrected chi connectivity index (χ0v) is 13.3. The number of anilines is 1. The smallest absolute Gasteiger partial charge is 0.257 e. The van der Waals surface area contributed by atoms with Gasteiger partial charge in [-0.15, -0.1) is 0 Å². The van der Waals surface area contributed by atoms with Crippen LogP contribution in [0.15, 0.2) is 12.1 Å². The van der Waals surface area contributed by atoms with Gasteiger partial charge in [-0.05, 0) is 6.07 Å². The highest BCUT2D eigenvalue weighted by Gasteiger charge is 2.36. The second kappa shape index (κ2) is 6.32. The van der Waals surface area contributed by atoms with Crippen LogP contribution in [-0.4, -0.2) is 68.3 Å². The molecule has 2 N–H and O–H groups in total. The Balaban J connectivity index is 1.67. The van der Waals surface area contributed by atoms with E-state index in [9.17, 15) is 4.79 Å². The summed E-state index contributed by atoms with van der Waals surface area (Å²) in [6.07, 6.45) is 0. The highest BCUT2D eigenvalue weighted by Crippen LogP contribution is 2.31. The maximum atomic E-state index is 12.6. The average Bonchev–Trinajstić information content (AvgIpc) is 2.49. The lowest BCUT2D eigenvalue weighted by Gasteiger charge is -2.46. The van der Waals surface area contributed by atoms with Gasteiger partial charge in [0, 0.05) is 38.3 Å². The predicted octanol–water partition coefficient (Wildman–Crippen LogP) is 1.09. The molecule has 2 heterocycles. The number of nitrogen functional groups attached to an aromatic ring is 1. The molecule has 1 aromatic rings. The molecule has 7 heteroatoms. The number of carbonyl (C=O) groups is 1. The van der Waals surface area contributed by atoms with Crippen LogP contribution in [0.4, 0.5) is 5.69 Å². The van der Waals surface area contributed by atoms with Crippen molar-refractivity contribution in [2.45, 2.75) is 6.04 Å². The molecule has 0 radical (unpaired) electrons. The van der Waals surface area contributed by atoms with Crippen molar-refractivity contribution >= 4 is 23.2 Å². The lowest BCUT2D eigenvalue weighted by Crippen LogP contribution is -2.62. The number of nitrogens with zero attached hydrogens (tertiary/aromatic N) is 2. The number of nitrogens with two attached hydrogens (primary N) is 1. The van der Waals surface area contributed by atoms with Crippen LogP contribution in [0.3, 0.4) is 0 Å². The van der Waals surface area contributed by atoms with Gasteiger partial charge in [0.25, 0.3) is 5.91 Å². The summed E-state index contributed by atoms with van der Waals surface area (Å²) in [5.74, 6) is 0.394. The van der Waals surface area contributed by atoms with Crippen LogP contribution in [0.2, 0.25) is 5.02 Å². The molecule has 6 nitrogen and oxygen atoms in total. The first kappa shape index (κ1) is 15.4. The van der Waals surface area contributed by atoms with Crippen molar-refractivity contribution < 1.29 is 14.3 Å². The molecule has 0 atom stereocenters. The summed E-state index contributed by atoms with van der Waals surface area (Å²) in [7, 11) is 1.52. The monoisotopic (exact) mass is 325 g/mol. The topological polar surface area (TPSA) is 68.0 Å². The summed E-state index contributed by atoms with van der Waals surface area (Å²) < 4.78 is 10.6. The van der Waals surface area contributed by atoms with Crippen molar-refractivity contribution in [3.63, 3.8) is 0 Å². The van der Waals surface area contributed by atoms with Crippen LogP contribution in [0.1, 0.15) is 10.4 Å². The first-order chi connectivity index (χ1) is 10.6. The molecule has 0 aromatic heterocycles. The summed E-state index contributed by atoms with van der Waals surface area (Å²) in [4.78, 5) is 16.8. The minimum absolute atomic E-state index is 0.0664. The van der Waals surface area contributed by atoms with Gasteiger partial charge >= 0.3 is 0 Å². The van der Waals surface area contributed by atoms with E-state index >= 15 is 0 Å². The summed E-state index contributed by atoms with van der Waals surface area (Å²) in [6, 6.07) is 3.60. The number of hydrogen-bond acceptors (Lipinski definition) is 5. The lowest BCUT2D eigenvalue weighted by molar-refractivity contribution is -0.0256. The van der Waals surface area contributed by atoms with Crippen LogP contribution in [0.25, 0.3) is 0 Å². The molecule has 2 fully saturated rings. The van der Waals surface area contributed by atoms with Crippen molar-refractivity contribution in [3.05, 3.63) is 22.7 Å². The van der Waals surface area contributed by atoms with Gasteiger partial charge in [0.15, 0.2) is 0 Å². The Morgan fingerprint density at radius 1 is 1.36 bits per heavy atom. The van der Waals surface area contributed by atoms with Crippen LogP contribution in [-0.2, 0) is 4.74 Å². The number of rotatable bonds is 3. The van der Waals surface area contributed by atoms with Gasteiger partial charge in [-0.3, -0.25) is 9.69 Å². The average molecular weight is 326 g/mol. The van der Waals surface area contributed by atoms with Gasteiger partial charge in [-0.2, -0.15) is 0 Å². The first-order valence-electron chi connectivity index (χ1n) is 7.34. The van der Waals surface area contributed by atoms with E-state index in [0.29, 0.717) is 28.1 Å². The van der Waals surface area contributed by atoms with Crippen molar-refractivity contribution in [3.8, 4) is 5.75 Å². The highest BCUT2D eigenvalue weighted by molar-refractivity contribution is 6.33. The molecule has 1 amide bonds. The van der Waals surface area contributed by atoms with Crippen LogP contribution in [0.5, 0.6) is 5.75 Å². The second-order valence-corrected chi connectivity index (χ2v) is 5.99. The number of carbonyl (C=O) groups excluding carboxylic acids is 1. The van der Waals surface area contributed by atoms with E-state index in [0.717, 1.165) is 39.4 Å². The van der Waals surface area contributed by atoms with E-state index in [1.54, 1.807) is 12.1 Å². The summed E-state index contributed by atoms with van der Waals surface area (Å²) >= 11 is 6.03. The molecular formula is C15H20ClN3O3. The molecule has 1 aromatic carbocycles. The van der Waals surface area contributed by atoms with Gasteiger partial charge in [-0.25, -0.2) is 0 Å². The maximum absolute atomic E-state index is 12.6. The van der Waals surface area contributed by atoms with Gasteiger partial charge in [0.1, 0.15) is 5.75 Å². The number of ether oxygens (including phenoxy) is 2. The van der Waals surface area contributed by atoms with Gasteiger partial charge < -0.3 is 20.1 Å². The van der Waals surface area contributed by atoms with Crippen molar-refractivity contribution in [2.24, 2.45) is 0 Å². The Kier molecular flexibility index (Phi) is 4.42. The quantitative estimate of drug-likeness (QED) is 0.843. The molecule has 2 saturated heterocycles. The molecule has 2 aliphatic heterocycles. The van der Waals surface area contributed by atoms with E-state index in [1.807, 2.05) is 4.90 Å². The zero-order valence-electron chi connectivity index (χ0n) is 12.5. The fourth-order valence-electron chi connectivity index (χ4n) is 2.87. The summed E-state index contributed by atoms with van der Waals surface area (Å²) in [5, 5.41) is 0.370. The van der Waals surface area contributed by atoms with Crippen LogP contribution >= 0.6 is 11.6 Å². The maximum Gasteiger partial charge on any atom is 0.257 e. The standard InChI is InChI=1S/C15H20ClN3O3/c1-21-14-7-13(17)12(16)6-11(14)15(20)19-8-10(9-19)18-2-4-22-5-3-18/h6-7,10H,2-5,8-9,17H2,1H3. The number of amides is 1. The zero-order chi connectivity index (χ0) is 15.7. The molecule has 2 aliphatic rings.